The van der Waals surface area contributed by atoms with Crippen molar-refractivity contribution in [1.82, 2.24) is 5.09 Å². The lowest BCUT2D eigenvalue weighted by atomic mass is 10.2. The Bertz CT molecular complexity index is 835. The summed E-state index contributed by atoms with van der Waals surface area (Å²) < 4.78 is 29.2. The molecule has 0 saturated heterocycles. The number of esters is 1. The standard InChI is InChI=1S/C21H29N2O7P/c1-4-7-9-10-16-28-21(24)17-22-31(27,29-19(6-3)11-8-5-2)30-20-14-12-18(13-15-20)23(25)26/h5-6,8,11-15H,3-4,7,9-10,16-17H2,1-2H3,(H,22,27)/b8-5-,19-11+. The van der Waals surface area contributed by atoms with E-state index in [1.54, 1.807) is 19.1 Å². The van der Waals surface area contributed by atoms with E-state index in [1.807, 2.05) is 0 Å². The Kier molecular flexibility index (Phi) is 11.9. The largest absolute Gasteiger partial charge is 0.513 e. The van der Waals surface area contributed by atoms with E-state index in [9.17, 15) is 19.5 Å². The Morgan fingerprint density at radius 2 is 1.97 bits per heavy atom. The van der Waals surface area contributed by atoms with Crippen LogP contribution in [0.25, 0.3) is 0 Å². The molecule has 1 rings (SSSR count). The first-order valence-corrected chi connectivity index (χ1v) is 11.5. The fraction of sp³-hybridized carbons (Fsp3) is 0.381. The van der Waals surface area contributed by atoms with Gasteiger partial charge in [-0.3, -0.25) is 14.9 Å². The first-order valence-electron chi connectivity index (χ1n) is 9.93. The lowest BCUT2D eigenvalue weighted by Crippen LogP contribution is -2.25. The highest BCUT2D eigenvalue weighted by molar-refractivity contribution is 7.52. The van der Waals surface area contributed by atoms with Gasteiger partial charge < -0.3 is 13.8 Å². The van der Waals surface area contributed by atoms with E-state index < -0.39 is 25.2 Å². The van der Waals surface area contributed by atoms with Crippen molar-refractivity contribution in [2.45, 2.75) is 39.5 Å². The lowest BCUT2D eigenvalue weighted by molar-refractivity contribution is -0.384. The first-order chi connectivity index (χ1) is 14.8. The molecule has 0 aliphatic carbocycles. The summed E-state index contributed by atoms with van der Waals surface area (Å²) in [4.78, 5) is 22.2. The van der Waals surface area contributed by atoms with Crippen molar-refractivity contribution in [3.63, 3.8) is 0 Å². The third-order valence-corrected chi connectivity index (χ3v) is 5.28. The van der Waals surface area contributed by atoms with E-state index in [0.29, 0.717) is 0 Å². The molecule has 0 amide bonds. The number of rotatable bonds is 15. The number of unbranched alkanes of at least 4 members (excludes halogenated alkanes) is 3. The van der Waals surface area contributed by atoms with Crippen molar-refractivity contribution in [3.8, 4) is 5.75 Å². The van der Waals surface area contributed by atoms with Gasteiger partial charge in [0.05, 0.1) is 11.5 Å². The first kappa shape index (κ1) is 26.1. The molecule has 0 aliphatic heterocycles. The van der Waals surface area contributed by atoms with Gasteiger partial charge >= 0.3 is 13.7 Å². The number of non-ortho nitro benzene ring substituents is 1. The number of nitro benzene ring substituents is 1. The Balaban J connectivity index is 2.86. The topological polar surface area (TPSA) is 117 Å². The van der Waals surface area contributed by atoms with Crippen LogP contribution in [-0.2, 0) is 18.6 Å². The highest BCUT2D eigenvalue weighted by Gasteiger charge is 2.30. The van der Waals surface area contributed by atoms with Crippen LogP contribution >= 0.6 is 7.75 Å². The highest BCUT2D eigenvalue weighted by Crippen LogP contribution is 2.46. The van der Waals surface area contributed by atoms with Gasteiger partial charge in [0.15, 0.2) is 0 Å². The molecule has 0 aliphatic rings. The molecule has 0 radical (unpaired) electrons. The van der Waals surface area contributed by atoms with Crippen LogP contribution in [-0.4, -0.2) is 24.0 Å². The molecule has 0 heterocycles. The van der Waals surface area contributed by atoms with Gasteiger partial charge in [0.25, 0.3) is 5.69 Å². The number of ether oxygens (including phenoxy) is 1. The SMILES string of the molecule is C=C/C(=C\C=C/C)OP(=O)(NCC(=O)OCCCCCC)Oc1ccc([N+](=O)[O-])cc1. The summed E-state index contributed by atoms with van der Waals surface area (Å²) in [6.45, 7) is 7.33. The molecule has 0 spiro atoms. The van der Waals surface area contributed by atoms with Gasteiger partial charge in [-0.25, -0.2) is 4.57 Å². The van der Waals surface area contributed by atoms with Crippen LogP contribution in [0.15, 0.2) is 60.9 Å². The van der Waals surface area contributed by atoms with Crippen LogP contribution in [0.5, 0.6) is 5.75 Å². The van der Waals surface area contributed by atoms with Crippen molar-refractivity contribution in [2.75, 3.05) is 13.2 Å². The molecular formula is C21H29N2O7P. The Morgan fingerprint density at radius 3 is 2.55 bits per heavy atom. The zero-order valence-corrected chi connectivity index (χ0v) is 18.7. The summed E-state index contributed by atoms with van der Waals surface area (Å²) in [6.07, 6.45) is 10.1. The van der Waals surface area contributed by atoms with Crippen molar-refractivity contribution < 1.29 is 28.1 Å². The number of benzene rings is 1. The van der Waals surface area contributed by atoms with Crippen molar-refractivity contribution in [3.05, 3.63) is 71.0 Å². The van der Waals surface area contributed by atoms with E-state index in [2.05, 4.69) is 18.6 Å². The normalized spacial score (nSPS) is 13.4. The van der Waals surface area contributed by atoms with E-state index in [1.165, 1.54) is 36.4 Å². The fourth-order valence-electron chi connectivity index (χ4n) is 2.24. The molecule has 1 unspecified atom stereocenters. The maximum absolute atomic E-state index is 13.2. The second-order valence-electron chi connectivity index (χ2n) is 6.35. The molecular weight excluding hydrogens is 423 g/mol. The van der Waals surface area contributed by atoms with Gasteiger partial charge in [-0.2, -0.15) is 5.09 Å². The summed E-state index contributed by atoms with van der Waals surface area (Å²) in [7, 11) is -4.09. The highest BCUT2D eigenvalue weighted by atomic mass is 31.2. The Labute approximate surface area is 182 Å². The minimum absolute atomic E-state index is 0.0591. The zero-order valence-electron chi connectivity index (χ0n) is 17.8. The van der Waals surface area contributed by atoms with Crippen molar-refractivity contribution in [2.24, 2.45) is 0 Å². The number of hydrogen-bond acceptors (Lipinski definition) is 7. The third kappa shape index (κ3) is 10.6. The smallest absolute Gasteiger partial charge is 0.465 e. The minimum Gasteiger partial charge on any atom is -0.465 e. The molecule has 1 aromatic carbocycles. The summed E-state index contributed by atoms with van der Waals surface area (Å²) in [5, 5.41) is 13.3. The summed E-state index contributed by atoms with van der Waals surface area (Å²) >= 11 is 0. The van der Waals surface area contributed by atoms with Gasteiger partial charge in [-0.05, 0) is 37.6 Å². The average Bonchev–Trinajstić information content (AvgIpc) is 2.75. The predicted octanol–water partition coefficient (Wildman–Crippen LogP) is 5.46. The van der Waals surface area contributed by atoms with Gasteiger partial charge in [-0.15, -0.1) is 0 Å². The van der Waals surface area contributed by atoms with Crippen molar-refractivity contribution in [1.29, 1.82) is 0 Å². The zero-order chi connectivity index (χ0) is 23.1. The molecule has 31 heavy (non-hydrogen) atoms. The number of nitro groups is 1. The van der Waals surface area contributed by atoms with Crippen LogP contribution < -0.4 is 9.61 Å². The fourth-order valence-corrected chi connectivity index (χ4v) is 3.54. The molecule has 10 heteroatoms. The molecule has 0 saturated carbocycles. The maximum Gasteiger partial charge on any atom is 0.513 e. The molecule has 1 atom stereocenters. The van der Waals surface area contributed by atoms with Gasteiger partial charge in [0, 0.05) is 12.1 Å². The van der Waals surface area contributed by atoms with E-state index >= 15 is 0 Å². The lowest BCUT2D eigenvalue weighted by Gasteiger charge is -2.20. The van der Waals surface area contributed by atoms with E-state index in [-0.39, 0.29) is 23.8 Å². The molecule has 0 bridgehead atoms. The summed E-state index contributed by atoms with van der Waals surface area (Å²) in [5.41, 5.74) is -0.150. The van der Waals surface area contributed by atoms with Gasteiger partial charge in [0.2, 0.25) is 0 Å². The number of carbonyl (C=O) groups excluding carboxylic acids is 1. The van der Waals surface area contributed by atoms with E-state index in [4.69, 9.17) is 13.8 Å². The monoisotopic (exact) mass is 452 g/mol. The maximum atomic E-state index is 13.2. The predicted molar refractivity (Wildman–Crippen MR) is 119 cm³/mol. The van der Waals surface area contributed by atoms with Crippen LogP contribution in [0.4, 0.5) is 5.69 Å². The van der Waals surface area contributed by atoms with Crippen molar-refractivity contribution >= 4 is 19.4 Å². The number of nitrogens with zero attached hydrogens (tertiary/aromatic N) is 1. The summed E-state index contributed by atoms with van der Waals surface area (Å²) in [6, 6.07) is 4.97. The number of nitrogens with one attached hydrogen (secondary N) is 1. The molecule has 0 fully saturated rings. The number of hydrogen-bond donors (Lipinski definition) is 1. The number of allylic oxidation sites excluding steroid dienone is 4. The number of carbonyl (C=O) groups is 1. The second-order valence-corrected chi connectivity index (χ2v) is 8.02. The van der Waals surface area contributed by atoms with Crippen LogP contribution in [0, 0.1) is 10.1 Å². The molecule has 170 valence electrons. The van der Waals surface area contributed by atoms with Gasteiger partial charge in [0.1, 0.15) is 18.1 Å². The molecule has 1 N–H and O–H groups in total. The Hall–Kier alpha value is -2.90. The average molecular weight is 452 g/mol. The molecule has 1 aromatic rings. The van der Waals surface area contributed by atoms with E-state index in [0.717, 1.165) is 25.7 Å². The quantitative estimate of drug-likeness (QED) is 0.0709. The van der Waals surface area contributed by atoms with Crippen LogP contribution in [0.3, 0.4) is 0 Å². The second kappa shape index (κ2) is 14.2. The molecule has 0 aromatic heterocycles. The van der Waals surface area contributed by atoms with Gasteiger partial charge in [-0.1, -0.05) is 44.9 Å². The Morgan fingerprint density at radius 1 is 1.26 bits per heavy atom. The minimum atomic E-state index is -4.09. The third-order valence-electron chi connectivity index (χ3n) is 3.83. The molecule has 9 nitrogen and oxygen atoms in total. The summed E-state index contributed by atoms with van der Waals surface area (Å²) in [5.74, 6) is -0.405. The van der Waals surface area contributed by atoms with Crippen LogP contribution in [0.2, 0.25) is 0 Å². The van der Waals surface area contributed by atoms with Crippen LogP contribution in [0.1, 0.15) is 39.5 Å².